The molecule has 1 fully saturated rings. The molecule has 2 N–H and O–H groups in total. The van der Waals surface area contributed by atoms with Crippen LogP contribution in [0.2, 0.25) is 5.02 Å². The van der Waals surface area contributed by atoms with Crippen LogP contribution in [0, 0.1) is 5.92 Å². The van der Waals surface area contributed by atoms with Gasteiger partial charge in [0.05, 0.1) is 6.54 Å². The highest BCUT2D eigenvalue weighted by atomic mass is 35.5. The molecule has 3 nitrogen and oxygen atoms in total. The van der Waals surface area contributed by atoms with Crippen molar-refractivity contribution >= 4 is 17.5 Å². The zero-order valence-electron chi connectivity index (χ0n) is 9.71. The summed E-state index contributed by atoms with van der Waals surface area (Å²) in [6, 6.07) is 7.52. The third kappa shape index (κ3) is 4.75. The SMILES string of the molecule is O=C(CNCC1CC1)NCc1cccc(Cl)c1. The maximum Gasteiger partial charge on any atom is 0.234 e. The Morgan fingerprint density at radius 1 is 1.41 bits per heavy atom. The largest absolute Gasteiger partial charge is 0.351 e. The van der Waals surface area contributed by atoms with Gasteiger partial charge in [0.25, 0.3) is 0 Å². The van der Waals surface area contributed by atoms with Crippen LogP contribution in [0.25, 0.3) is 0 Å². The van der Waals surface area contributed by atoms with Crippen molar-refractivity contribution < 1.29 is 4.79 Å². The second-order valence-corrected chi connectivity index (χ2v) is 4.92. The first kappa shape index (κ1) is 12.4. The maximum atomic E-state index is 11.5. The molecule has 2 rings (SSSR count). The molecule has 1 aromatic carbocycles. The van der Waals surface area contributed by atoms with E-state index < -0.39 is 0 Å². The van der Waals surface area contributed by atoms with Gasteiger partial charge in [0.15, 0.2) is 0 Å². The van der Waals surface area contributed by atoms with Gasteiger partial charge in [-0.2, -0.15) is 0 Å². The van der Waals surface area contributed by atoms with E-state index >= 15 is 0 Å². The van der Waals surface area contributed by atoms with Crippen molar-refractivity contribution in [2.75, 3.05) is 13.1 Å². The Hall–Kier alpha value is -1.06. The molecule has 0 bridgehead atoms. The van der Waals surface area contributed by atoms with Gasteiger partial charge in [0, 0.05) is 11.6 Å². The van der Waals surface area contributed by atoms with Crippen LogP contribution in [-0.2, 0) is 11.3 Å². The van der Waals surface area contributed by atoms with Crippen LogP contribution in [-0.4, -0.2) is 19.0 Å². The molecule has 0 heterocycles. The van der Waals surface area contributed by atoms with E-state index in [1.807, 2.05) is 24.3 Å². The summed E-state index contributed by atoms with van der Waals surface area (Å²) in [4.78, 5) is 11.5. The van der Waals surface area contributed by atoms with Crippen molar-refractivity contribution in [3.63, 3.8) is 0 Å². The normalized spacial score (nSPS) is 14.6. The Morgan fingerprint density at radius 3 is 2.94 bits per heavy atom. The zero-order chi connectivity index (χ0) is 12.1. The lowest BCUT2D eigenvalue weighted by atomic mass is 10.2. The topological polar surface area (TPSA) is 41.1 Å². The molecule has 1 aliphatic rings. The van der Waals surface area contributed by atoms with Crippen molar-refractivity contribution in [2.45, 2.75) is 19.4 Å². The minimum atomic E-state index is 0.0330. The average molecular weight is 253 g/mol. The summed E-state index contributed by atoms with van der Waals surface area (Å²) < 4.78 is 0. The summed E-state index contributed by atoms with van der Waals surface area (Å²) >= 11 is 5.86. The maximum absolute atomic E-state index is 11.5. The third-order valence-corrected chi connectivity index (χ3v) is 3.03. The van der Waals surface area contributed by atoms with E-state index in [1.54, 1.807) is 0 Å². The molecular weight excluding hydrogens is 236 g/mol. The number of carbonyl (C=O) groups is 1. The molecule has 1 aliphatic carbocycles. The Morgan fingerprint density at radius 2 is 2.24 bits per heavy atom. The van der Waals surface area contributed by atoms with Gasteiger partial charge < -0.3 is 10.6 Å². The van der Waals surface area contributed by atoms with E-state index in [1.165, 1.54) is 12.8 Å². The van der Waals surface area contributed by atoms with Gasteiger partial charge in [0.2, 0.25) is 5.91 Å². The zero-order valence-corrected chi connectivity index (χ0v) is 10.5. The standard InChI is InChI=1S/C13H17ClN2O/c14-12-3-1-2-11(6-12)8-16-13(17)9-15-7-10-4-5-10/h1-3,6,10,15H,4-5,7-9H2,(H,16,17). The number of halogens is 1. The van der Waals surface area contributed by atoms with Crippen LogP contribution in [0.15, 0.2) is 24.3 Å². The average Bonchev–Trinajstić information content (AvgIpc) is 3.11. The molecule has 1 aromatic rings. The van der Waals surface area contributed by atoms with E-state index in [-0.39, 0.29) is 5.91 Å². The third-order valence-electron chi connectivity index (χ3n) is 2.79. The number of carbonyl (C=O) groups excluding carboxylic acids is 1. The molecule has 4 heteroatoms. The Bertz CT molecular complexity index is 391. The molecule has 1 saturated carbocycles. The first-order valence-corrected chi connectivity index (χ1v) is 6.33. The molecule has 0 atom stereocenters. The van der Waals surface area contributed by atoms with E-state index in [2.05, 4.69) is 10.6 Å². The quantitative estimate of drug-likeness (QED) is 0.813. The number of rotatable bonds is 6. The highest BCUT2D eigenvalue weighted by Crippen LogP contribution is 2.27. The van der Waals surface area contributed by atoms with Crippen LogP contribution in [0.1, 0.15) is 18.4 Å². The lowest BCUT2D eigenvalue weighted by Crippen LogP contribution is -2.34. The van der Waals surface area contributed by atoms with Crippen LogP contribution in [0.4, 0.5) is 0 Å². The number of nitrogens with one attached hydrogen (secondary N) is 2. The Labute approximate surface area is 107 Å². The van der Waals surface area contributed by atoms with Crippen LogP contribution >= 0.6 is 11.6 Å². The monoisotopic (exact) mass is 252 g/mol. The predicted molar refractivity (Wildman–Crippen MR) is 68.9 cm³/mol. The van der Waals surface area contributed by atoms with Gasteiger partial charge in [-0.1, -0.05) is 23.7 Å². The number of benzene rings is 1. The molecule has 0 aromatic heterocycles. The molecule has 0 spiro atoms. The predicted octanol–water partition coefficient (Wildman–Crippen LogP) is 1.96. The summed E-state index contributed by atoms with van der Waals surface area (Å²) in [7, 11) is 0. The lowest BCUT2D eigenvalue weighted by molar-refractivity contribution is -0.120. The highest BCUT2D eigenvalue weighted by Gasteiger charge is 2.20. The minimum absolute atomic E-state index is 0.0330. The van der Waals surface area contributed by atoms with E-state index in [9.17, 15) is 4.79 Å². The first-order valence-electron chi connectivity index (χ1n) is 5.96. The number of hydrogen-bond donors (Lipinski definition) is 2. The first-order chi connectivity index (χ1) is 8.24. The van der Waals surface area contributed by atoms with Crippen LogP contribution < -0.4 is 10.6 Å². The second-order valence-electron chi connectivity index (χ2n) is 4.48. The number of hydrogen-bond acceptors (Lipinski definition) is 2. The smallest absolute Gasteiger partial charge is 0.234 e. The summed E-state index contributed by atoms with van der Waals surface area (Å²) in [5.74, 6) is 0.835. The van der Waals surface area contributed by atoms with E-state index in [4.69, 9.17) is 11.6 Å². The van der Waals surface area contributed by atoms with Crippen molar-refractivity contribution in [1.82, 2.24) is 10.6 Å². The van der Waals surface area contributed by atoms with Gasteiger partial charge in [-0.25, -0.2) is 0 Å². The van der Waals surface area contributed by atoms with Crippen LogP contribution in [0.3, 0.4) is 0 Å². The van der Waals surface area contributed by atoms with Crippen molar-refractivity contribution in [3.8, 4) is 0 Å². The molecule has 0 radical (unpaired) electrons. The fraction of sp³-hybridized carbons (Fsp3) is 0.462. The van der Waals surface area contributed by atoms with Crippen molar-refractivity contribution in [3.05, 3.63) is 34.9 Å². The van der Waals surface area contributed by atoms with Crippen LogP contribution in [0.5, 0.6) is 0 Å². The summed E-state index contributed by atoms with van der Waals surface area (Å²) in [5.41, 5.74) is 1.02. The molecular formula is C13H17ClN2O. The fourth-order valence-corrected chi connectivity index (χ4v) is 1.83. The van der Waals surface area contributed by atoms with Crippen molar-refractivity contribution in [2.24, 2.45) is 5.92 Å². The summed E-state index contributed by atoms with van der Waals surface area (Å²) in [5, 5.41) is 6.71. The van der Waals surface area contributed by atoms with Gasteiger partial charge in [-0.3, -0.25) is 4.79 Å². The highest BCUT2D eigenvalue weighted by molar-refractivity contribution is 6.30. The number of amides is 1. The van der Waals surface area contributed by atoms with Gasteiger partial charge >= 0.3 is 0 Å². The minimum Gasteiger partial charge on any atom is -0.351 e. The molecule has 1 amide bonds. The van der Waals surface area contributed by atoms with Gasteiger partial charge in [0.1, 0.15) is 0 Å². The summed E-state index contributed by atoms with van der Waals surface area (Å²) in [6.45, 7) is 1.89. The van der Waals surface area contributed by atoms with Gasteiger partial charge in [-0.15, -0.1) is 0 Å². The summed E-state index contributed by atoms with van der Waals surface area (Å²) in [6.07, 6.45) is 2.61. The Balaban J connectivity index is 1.64. The van der Waals surface area contributed by atoms with Crippen molar-refractivity contribution in [1.29, 1.82) is 0 Å². The van der Waals surface area contributed by atoms with E-state index in [0.717, 1.165) is 18.0 Å². The Kier molecular flexibility index (Phi) is 4.40. The van der Waals surface area contributed by atoms with E-state index in [0.29, 0.717) is 18.1 Å². The molecule has 17 heavy (non-hydrogen) atoms. The lowest BCUT2D eigenvalue weighted by Gasteiger charge is -2.06. The molecule has 0 saturated heterocycles. The molecule has 0 aliphatic heterocycles. The second kappa shape index (κ2) is 6.03. The van der Waals surface area contributed by atoms with Gasteiger partial charge in [-0.05, 0) is 43.0 Å². The molecule has 92 valence electrons. The fourth-order valence-electron chi connectivity index (χ4n) is 1.62. The molecule has 0 unspecified atom stereocenters.